The lowest BCUT2D eigenvalue weighted by Gasteiger charge is -2.34. The second-order valence-electron chi connectivity index (χ2n) is 5.22. The molecule has 0 aliphatic heterocycles. The maximum absolute atomic E-state index is 5.60. The molecule has 0 aliphatic carbocycles. The van der Waals surface area contributed by atoms with Crippen LogP contribution in [0, 0.1) is 0 Å². The van der Waals surface area contributed by atoms with Crippen molar-refractivity contribution in [2.45, 2.75) is 32.1 Å². The van der Waals surface area contributed by atoms with E-state index in [2.05, 4.69) is 38.1 Å². The third-order valence-corrected chi connectivity index (χ3v) is 4.47. The standard InChI is InChI=1S/C19H24O2/c1-5-19(6-2,15-11-13-16(20-3)14-12-15)17-9-7-8-10-18(17)21-4/h7-14H,5-6H2,1-4H3. The van der Waals surface area contributed by atoms with Crippen molar-refractivity contribution in [3.8, 4) is 11.5 Å². The van der Waals surface area contributed by atoms with Crippen molar-refractivity contribution in [2.24, 2.45) is 0 Å². The summed E-state index contributed by atoms with van der Waals surface area (Å²) in [7, 11) is 3.44. The van der Waals surface area contributed by atoms with Crippen LogP contribution in [0.1, 0.15) is 37.8 Å². The molecule has 2 rings (SSSR count). The number of methoxy groups -OCH3 is 2. The normalized spacial score (nSPS) is 11.2. The van der Waals surface area contributed by atoms with Gasteiger partial charge >= 0.3 is 0 Å². The molecule has 112 valence electrons. The van der Waals surface area contributed by atoms with Crippen LogP contribution >= 0.6 is 0 Å². The van der Waals surface area contributed by atoms with Crippen molar-refractivity contribution < 1.29 is 9.47 Å². The Morgan fingerprint density at radius 1 is 0.810 bits per heavy atom. The molecule has 0 heterocycles. The Hall–Kier alpha value is -1.96. The van der Waals surface area contributed by atoms with Gasteiger partial charge in [-0.2, -0.15) is 0 Å². The summed E-state index contributed by atoms with van der Waals surface area (Å²) in [5, 5.41) is 0. The molecule has 0 unspecified atom stereocenters. The Balaban J connectivity index is 2.58. The van der Waals surface area contributed by atoms with Gasteiger partial charge in [0.1, 0.15) is 11.5 Å². The molecule has 0 aromatic heterocycles. The van der Waals surface area contributed by atoms with Crippen molar-refractivity contribution in [1.29, 1.82) is 0 Å². The fraction of sp³-hybridized carbons (Fsp3) is 0.368. The third-order valence-electron chi connectivity index (χ3n) is 4.47. The molecular weight excluding hydrogens is 260 g/mol. The van der Waals surface area contributed by atoms with Gasteiger partial charge in [0.25, 0.3) is 0 Å². The largest absolute Gasteiger partial charge is 0.497 e. The Bertz CT molecular complexity index is 568. The summed E-state index contributed by atoms with van der Waals surface area (Å²) in [4.78, 5) is 0. The molecule has 2 nitrogen and oxygen atoms in total. The highest BCUT2D eigenvalue weighted by Gasteiger charge is 2.33. The summed E-state index contributed by atoms with van der Waals surface area (Å²) in [6.45, 7) is 4.47. The van der Waals surface area contributed by atoms with Gasteiger partial charge in [0, 0.05) is 11.0 Å². The molecule has 2 aromatic carbocycles. The Morgan fingerprint density at radius 3 is 1.95 bits per heavy atom. The fourth-order valence-electron chi connectivity index (χ4n) is 3.14. The van der Waals surface area contributed by atoms with E-state index in [-0.39, 0.29) is 5.41 Å². The third kappa shape index (κ3) is 2.76. The van der Waals surface area contributed by atoms with Crippen molar-refractivity contribution in [3.63, 3.8) is 0 Å². The van der Waals surface area contributed by atoms with Crippen LogP contribution in [0.25, 0.3) is 0 Å². The van der Waals surface area contributed by atoms with E-state index < -0.39 is 0 Å². The smallest absolute Gasteiger partial charge is 0.122 e. The minimum absolute atomic E-state index is 0.0289. The molecule has 0 saturated carbocycles. The first-order chi connectivity index (χ1) is 10.2. The van der Waals surface area contributed by atoms with Crippen molar-refractivity contribution in [2.75, 3.05) is 14.2 Å². The van der Waals surface area contributed by atoms with Gasteiger partial charge in [-0.3, -0.25) is 0 Å². The highest BCUT2D eigenvalue weighted by atomic mass is 16.5. The second kappa shape index (κ2) is 6.66. The van der Waals surface area contributed by atoms with Crippen molar-refractivity contribution in [3.05, 3.63) is 59.7 Å². The molecule has 0 amide bonds. The molecule has 0 N–H and O–H groups in total. The van der Waals surface area contributed by atoms with Crippen LogP contribution in [0.4, 0.5) is 0 Å². The zero-order valence-corrected chi connectivity index (χ0v) is 13.3. The summed E-state index contributed by atoms with van der Waals surface area (Å²) < 4.78 is 10.9. The number of ether oxygens (including phenoxy) is 2. The van der Waals surface area contributed by atoms with Crippen LogP contribution in [0.3, 0.4) is 0 Å². The molecular formula is C19H24O2. The van der Waals surface area contributed by atoms with Gasteiger partial charge in [0.15, 0.2) is 0 Å². The summed E-state index contributed by atoms with van der Waals surface area (Å²) >= 11 is 0. The van der Waals surface area contributed by atoms with E-state index >= 15 is 0 Å². The van der Waals surface area contributed by atoms with Gasteiger partial charge in [-0.25, -0.2) is 0 Å². The number of rotatable bonds is 6. The lowest BCUT2D eigenvalue weighted by atomic mass is 9.70. The molecule has 0 saturated heterocycles. The van der Waals surface area contributed by atoms with Crippen LogP contribution in [0.2, 0.25) is 0 Å². The molecule has 0 bridgehead atoms. The van der Waals surface area contributed by atoms with Gasteiger partial charge in [0.2, 0.25) is 0 Å². The van der Waals surface area contributed by atoms with Gasteiger partial charge in [-0.05, 0) is 36.6 Å². The van der Waals surface area contributed by atoms with E-state index in [0.717, 1.165) is 24.3 Å². The van der Waals surface area contributed by atoms with E-state index in [0.29, 0.717) is 0 Å². The monoisotopic (exact) mass is 284 g/mol. The summed E-state index contributed by atoms with van der Waals surface area (Å²) in [6, 6.07) is 16.7. The minimum atomic E-state index is -0.0289. The quantitative estimate of drug-likeness (QED) is 0.758. The molecule has 2 heteroatoms. The van der Waals surface area contributed by atoms with Crippen LogP contribution in [-0.4, -0.2) is 14.2 Å². The first kappa shape index (κ1) is 15.4. The Kier molecular flexibility index (Phi) is 4.89. The Morgan fingerprint density at radius 2 is 1.43 bits per heavy atom. The average molecular weight is 284 g/mol. The van der Waals surface area contributed by atoms with E-state index in [9.17, 15) is 0 Å². The SMILES string of the molecule is CCC(CC)(c1ccc(OC)cc1)c1ccccc1OC. The van der Waals surface area contributed by atoms with Gasteiger partial charge in [0.05, 0.1) is 14.2 Å². The summed E-state index contributed by atoms with van der Waals surface area (Å²) in [5.41, 5.74) is 2.53. The van der Waals surface area contributed by atoms with E-state index in [1.807, 2.05) is 24.3 Å². The maximum atomic E-state index is 5.60. The lowest BCUT2D eigenvalue weighted by Crippen LogP contribution is -2.26. The van der Waals surface area contributed by atoms with Gasteiger partial charge in [-0.15, -0.1) is 0 Å². The van der Waals surface area contributed by atoms with Gasteiger partial charge < -0.3 is 9.47 Å². The zero-order valence-electron chi connectivity index (χ0n) is 13.3. The predicted molar refractivity (Wildman–Crippen MR) is 87.4 cm³/mol. The molecule has 21 heavy (non-hydrogen) atoms. The summed E-state index contributed by atoms with van der Waals surface area (Å²) in [6.07, 6.45) is 2.05. The number of para-hydroxylation sites is 1. The number of benzene rings is 2. The first-order valence-electron chi connectivity index (χ1n) is 7.49. The van der Waals surface area contributed by atoms with Crippen LogP contribution in [-0.2, 0) is 5.41 Å². The van der Waals surface area contributed by atoms with Crippen LogP contribution in [0.5, 0.6) is 11.5 Å². The topological polar surface area (TPSA) is 18.5 Å². The zero-order chi connectivity index (χ0) is 15.3. The fourth-order valence-corrected chi connectivity index (χ4v) is 3.14. The molecule has 0 atom stereocenters. The average Bonchev–Trinajstić information content (AvgIpc) is 2.57. The highest BCUT2D eigenvalue weighted by Crippen LogP contribution is 2.43. The number of hydrogen-bond acceptors (Lipinski definition) is 2. The van der Waals surface area contributed by atoms with E-state index in [1.165, 1.54) is 11.1 Å². The lowest BCUT2D eigenvalue weighted by molar-refractivity contribution is 0.384. The predicted octanol–water partition coefficient (Wildman–Crippen LogP) is 4.81. The van der Waals surface area contributed by atoms with Crippen LogP contribution < -0.4 is 9.47 Å². The Labute approximate surface area is 127 Å². The van der Waals surface area contributed by atoms with Gasteiger partial charge in [-0.1, -0.05) is 44.2 Å². The molecule has 0 spiro atoms. The minimum Gasteiger partial charge on any atom is -0.497 e. The second-order valence-corrected chi connectivity index (χ2v) is 5.22. The van der Waals surface area contributed by atoms with Crippen molar-refractivity contribution >= 4 is 0 Å². The summed E-state index contributed by atoms with van der Waals surface area (Å²) in [5.74, 6) is 1.84. The molecule has 0 radical (unpaired) electrons. The molecule has 2 aromatic rings. The maximum Gasteiger partial charge on any atom is 0.122 e. The molecule has 0 aliphatic rings. The number of hydrogen-bond donors (Lipinski definition) is 0. The molecule has 0 fully saturated rings. The highest BCUT2D eigenvalue weighted by molar-refractivity contribution is 5.48. The first-order valence-corrected chi connectivity index (χ1v) is 7.49. The van der Waals surface area contributed by atoms with Crippen molar-refractivity contribution in [1.82, 2.24) is 0 Å². The van der Waals surface area contributed by atoms with Crippen LogP contribution in [0.15, 0.2) is 48.5 Å². The van der Waals surface area contributed by atoms with E-state index in [1.54, 1.807) is 14.2 Å². The van der Waals surface area contributed by atoms with E-state index in [4.69, 9.17) is 9.47 Å².